The van der Waals surface area contributed by atoms with Crippen LogP contribution in [0.3, 0.4) is 0 Å². The largest absolute Gasteiger partial charge is 0.422 e. The van der Waals surface area contributed by atoms with Crippen molar-refractivity contribution < 1.29 is 4.42 Å². The maximum absolute atomic E-state index is 12.8. The number of nitrogens with one attached hydrogen (secondary N) is 1. The highest BCUT2D eigenvalue weighted by Gasteiger charge is 2.18. The van der Waals surface area contributed by atoms with Crippen molar-refractivity contribution in [3.05, 3.63) is 58.4 Å². The van der Waals surface area contributed by atoms with E-state index in [0.717, 1.165) is 58.0 Å². The Balaban J connectivity index is 1.65. The predicted molar refractivity (Wildman–Crippen MR) is 111 cm³/mol. The Labute approximate surface area is 160 Å². The van der Waals surface area contributed by atoms with Crippen molar-refractivity contribution in [2.75, 3.05) is 31.1 Å². The highest BCUT2D eigenvalue weighted by Crippen LogP contribution is 2.33. The number of piperazine rings is 1. The van der Waals surface area contributed by atoms with Gasteiger partial charge >= 0.3 is 5.63 Å². The number of anilines is 1. The minimum atomic E-state index is -0.323. The van der Waals surface area contributed by atoms with Gasteiger partial charge in [-0.1, -0.05) is 12.1 Å². The maximum Gasteiger partial charge on any atom is 0.346 e. The average Bonchev–Trinajstić information content (AvgIpc) is 3.12. The first-order valence-corrected chi connectivity index (χ1v) is 9.91. The molecular weight excluding hydrogens is 358 g/mol. The number of fused-ring (bicyclic) bond motifs is 2. The fourth-order valence-electron chi connectivity index (χ4n) is 3.69. The molecule has 2 aromatic heterocycles. The van der Waals surface area contributed by atoms with Gasteiger partial charge in [0, 0.05) is 43.3 Å². The number of benzene rings is 2. The average molecular weight is 377 g/mol. The quantitative estimate of drug-likeness (QED) is 0.539. The molecule has 0 spiro atoms. The lowest BCUT2D eigenvalue weighted by Gasteiger charge is -2.29. The predicted octanol–water partition coefficient (Wildman–Crippen LogP) is 3.79. The van der Waals surface area contributed by atoms with Gasteiger partial charge in [-0.3, -0.25) is 0 Å². The summed E-state index contributed by atoms with van der Waals surface area (Å²) in [4.78, 5) is 19.8. The fraction of sp³-hybridized carbons (Fsp3) is 0.238. The van der Waals surface area contributed by atoms with Crippen LogP contribution in [-0.2, 0) is 0 Å². The number of rotatable bonds is 2. The van der Waals surface area contributed by atoms with Gasteiger partial charge in [0.15, 0.2) is 0 Å². The third-order valence-electron chi connectivity index (χ3n) is 5.14. The lowest BCUT2D eigenvalue weighted by Crippen LogP contribution is -2.43. The summed E-state index contributed by atoms with van der Waals surface area (Å²) < 4.78 is 6.79. The van der Waals surface area contributed by atoms with Crippen LogP contribution in [0.4, 0.5) is 5.69 Å². The number of aryl methyl sites for hydroxylation is 1. The van der Waals surface area contributed by atoms with Crippen LogP contribution >= 0.6 is 11.3 Å². The van der Waals surface area contributed by atoms with Crippen molar-refractivity contribution in [1.29, 1.82) is 0 Å². The molecule has 0 aliphatic carbocycles. The zero-order valence-electron chi connectivity index (χ0n) is 15.0. The van der Waals surface area contributed by atoms with Gasteiger partial charge in [0.05, 0.1) is 15.8 Å². The SMILES string of the molecule is Cc1c(-c2nc3ccccc3s2)c(=O)oc2cc(N3CCNCC3)ccc12. The van der Waals surface area contributed by atoms with Crippen LogP contribution in [0.25, 0.3) is 31.8 Å². The van der Waals surface area contributed by atoms with Crippen LogP contribution in [0.1, 0.15) is 5.56 Å². The Kier molecular flexibility index (Phi) is 3.95. The molecule has 5 rings (SSSR count). The van der Waals surface area contributed by atoms with Crippen LogP contribution in [0, 0.1) is 6.92 Å². The summed E-state index contributed by atoms with van der Waals surface area (Å²) in [6, 6.07) is 14.1. The van der Waals surface area contributed by atoms with Gasteiger partial charge in [-0.05, 0) is 36.8 Å². The lowest BCUT2D eigenvalue weighted by atomic mass is 10.1. The smallest absolute Gasteiger partial charge is 0.346 e. The highest BCUT2D eigenvalue weighted by molar-refractivity contribution is 7.21. The standard InChI is InChI=1S/C21H19N3O2S/c1-13-15-7-6-14(24-10-8-22-9-11-24)12-17(15)26-21(25)19(13)20-23-16-4-2-3-5-18(16)27-20/h2-7,12,22H,8-11H2,1H3. The number of para-hydroxylation sites is 1. The van der Waals surface area contributed by atoms with Crippen LogP contribution in [0.15, 0.2) is 51.7 Å². The zero-order valence-corrected chi connectivity index (χ0v) is 15.8. The van der Waals surface area contributed by atoms with Crippen LogP contribution in [-0.4, -0.2) is 31.2 Å². The van der Waals surface area contributed by atoms with Crippen LogP contribution < -0.4 is 15.8 Å². The Morgan fingerprint density at radius 3 is 2.78 bits per heavy atom. The molecule has 0 radical (unpaired) electrons. The molecule has 3 heterocycles. The first-order chi connectivity index (χ1) is 13.2. The van der Waals surface area contributed by atoms with E-state index >= 15 is 0 Å². The summed E-state index contributed by atoms with van der Waals surface area (Å²) in [5, 5.41) is 5.03. The van der Waals surface area contributed by atoms with E-state index in [4.69, 9.17) is 4.42 Å². The minimum absolute atomic E-state index is 0.323. The molecule has 0 atom stereocenters. The Bertz CT molecular complexity index is 1170. The van der Waals surface area contributed by atoms with Gasteiger partial charge in [-0.25, -0.2) is 9.78 Å². The van der Waals surface area contributed by atoms with E-state index in [1.54, 1.807) is 0 Å². The molecule has 0 unspecified atom stereocenters. The molecule has 4 aromatic rings. The highest BCUT2D eigenvalue weighted by atomic mass is 32.1. The molecule has 27 heavy (non-hydrogen) atoms. The van der Waals surface area contributed by atoms with E-state index in [2.05, 4.69) is 27.3 Å². The molecule has 0 amide bonds. The number of hydrogen-bond donors (Lipinski definition) is 1. The van der Waals surface area contributed by atoms with Crippen molar-refractivity contribution in [1.82, 2.24) is 10.3 Å². The van der Waals surface area contributed by atoms with Gasteiger partial charge in [-0.15, -0.1) is 11.3 Å². The summed E-state index contributed by atoms with van der Waals surface area (Å²) in [6.45, 7) is 5.83. The van der Waals surface area contributed by atoms with Crippen molar-refractivity contribution in [3.63, 3.8) is 0 Å². The summed E-state index contributed by atoms with van der Waals surface area (Å²) in [6.07, 6.45) is 0. The summed E-state index contributed by atoms with van der Waals surface area (Å²) in [5.74, 6) is 0. The van der Waals surface area contributed by atoms with Gasteiger partial charge in [0.1, 0.15) is 10.6 Å². The first-order valence-electron chi connectivity index (χ1n) is 9.10. The second-order valence-electron chi connectivity index (χ2n) is 6.79. The molecule has 5 nitrogen and oxygen atoms in total. The first kappa shape index (κ1) is 16.5. The normalized spacial score (nSPS) is 14.9. The molecule has 6 heteroatoms. The Morgan fingerprint density at radius 1 is 1.15 bits per heavy atom. The van der Waals surface area contributed by atoms with E-state index in [1.165, 1.54) is 11.3 Å². The second-order valence-corrected chi connectivity index (χ2v) is 7.82. The van der Waals surface area contributed by atoms with E-state index in [1.807, 2.05) is 37.3 Å². The summed E-state index contributed by atoms with van der Waals surface area (Å²) in [5.41, 5.74) is 3.81. The third-order valence-corrected chi connectivity index (χ3v) is 6.19. The van der Waals surface area contributed by atoms with Crippen molar-refractivity contribution >= 4 is 38.2 Å². The van der Waals surface area contributed by atoms with Crippen molar-refractivity contribution in [2.45, 2.75) is 6.92 Å². The van der Waals surface area contributed by atoms with Crippen molar-refractivity contribution in [2.24, 2.45) is 0 Å². The number of thiazole rings is 1. The summed E-state index contributed by atoms with van der Waals surface area (Å²) in [7, 11) is 0. The van der Waals surface area contributed by atoms with Gasteiger partial charge < -0.3 is 14.6 Å². The molecule has 136 valence electrons. The molecule has 1 fully saturated rings. The topological polar surface area (TPSA) is 58.4 Å². The third kappa shape index (κ3) is 2.81. The molecule has 1 N–H and O–H groups in total. The van der Waals surface area contributed by atoms with E-state index in [-0.39, 0.29) is 5.63 Å². The second kappa shape index (κ2) is 6.48. The maximum atomic E-state index is 12.8. The molecule has 1 aliphatic heterocycles. The fourth-order valence-corrected chi connectivity index (χ4v) is 4.75. The lowest BCUT2D eigenvalue weighted by molar-refractivity contribution is 0.560. The number of hydrogen-bond acceptors (Lipinski definition) is 6. The molecule has 1 aliphatic rings. The van der Waals surface area contributed by atoms with Crippen LogP contribution in [0.2, 0.25) is 0 Å². The van der Waals surface area contributed by atoms with E-state index in [9.17, 15) is 4.79 Å². The van der Waals surface area contributed by atoms with Gasteiger partial charge in [0.25, 0.3) is 0 Å². The number of aromatic nitrogens is 1. The molecule has 0 saturated carbocycles. The molecule has 2 aromatic carbocycles. The Hall–Kier alpha value is -2.70. The zero-order chi connectivity index (χ0) is 18.4. The molecular formula is C21H19N3O2S. The number of nitrogens with zero attached hydrogens (tertiary/aromatic N) is 2. The van der Waals surface area contributed by atoms with Crippen LogP contribution in [0.5, 0.6) is 0 Å². The van der Waals surface area contributed by atoms with Gasteiger partial charge in [0.2, 0.25) is 0 Å². The summed E-state index contributed by atoms with van der Waals surface area (Å²) >= 11 is 1.53. The van der Waals surface area contributed by atoms with Gasteiger partial charge in [-0.2, -0.15) is 0 Å². The minimum Gasteiger partial charge on any atom is -0.422 e. The van der Waals surface area contributed by atoms with E-state index < -0.39 is 0 Å². The molecule has 0 bridgehead atoms. The van der Waals surface area contributed by atoms with Crippen molar-refractivity contribution in [3.8, 4) is 10.6 Å². The van der Waals surface area contributed by atoms with E-state index in [0.29, 0.717) is 11.1 Å². The molecule has 1 saturated heterocycles. The Morgan fingerprint density at radius 2 is 1.96 bits per heavy atom. The monoisotopic (exact) mass is 377 g/mol.